The van der Waals surface area contributed by atoms with Gasteiger partial charge in [-0.05, 0) is 13.0 Å². The minimum atomic E-state index is -2.76. The van der Waals surface area contributed by atoms with Crippen molar-refractivity contribution in [1.29, 1.82) is 0 Å². The predicted octanol–water partition coefficient (Wildman–Crippen LogP) is 0.791. The molecule has 1 atom stereocenters. The van der Waals surface area contributed by atoms with Crippen molar-refractivity contribution < 1.29 is 14.6 Å². The summed E-state index contributed by atoms with van der Waals surface area (Å²) in [6.45, 7) is 0.443. The minimum Gasteiger partial charge on any atom is -0.377 e. The predicted molar refractivity (Wildman–Crippen MR) is 55.6 cm³/mol. The Hall–Kier alpha value is 0.537. The molecule has 12 heavy (non-hydrogen) atoms. The van der Waals surface area contributed by atoms with E-state index in [1.165, 1.54) is 21.3 Å². The third-order valence-corrected chi connectivity index (χ3v) is 3.91. The van der Waals surface area contributed by atoms with Gasteiger partial charge in [0.1, 0.15) is 0 Å². The molecule has 0 heterocycles. The van der Waals surface area contributed by atoms with Gasteiger partial charge in [-0.15, -0.1) is 17.0 Å². The molecule has 0 bridgehead atoms. The van der Waals surface area contributed by atoms with E-state index >= 15 is 0 Å². The maximum Gasteiger partial charge on any atom is 0.500 e. The first-order chi connectivity index (χ1) is 5.66. The van der Waals surface area contributed by atoms with Crippen LogP contribution in [0.3, 0.4) is 0 Å². The van der Waals surface area contributed by atoms with E-state index < -0.39 is 14.8 Å². The third kappa shape index (κ3) is 4.54. The largest absolute Gasteiger partial charge is 0.500 e. The van der Waals surface area contributed by atoms with Crippen LogP contribution in [0.2, 0.25) is 6.02 Å². The Balaban J connectivity index is 0. The van der Waals surface area contributed by atoms with Crippen LogP contribution >= 0.6 is 17.0 Å². The van der Waals surface area contributed by atoms with Crippen molar-refractivity contribution in [3.63, 3.8) is 0 Å². The van der Waals surface area contributed by atoms with Crippen LogP contribution in [0.15, 0.2) is 0 Å². The zero-order chi connectivity index (χ0) is 9.61. The van der Waals surface area contributed by atoms with Crippen LogP contribution < -0.4 is 5.73 Å². The monoisotopic (exact) mass is 260 g/mol. The van der Waals surface area contributed by atoms with Crippen LogP contribution in [0, 0.1) is 0 Å². The molecule has 4 nitrogen and oxygen atoms in total. The standard InChI is InChI=1S/C6H17NO3Si.BrH/c1-8-11(9-2,10-3)6-4-5-7;/h4-7H2,1-3H3;1H/i6D;. The second kappa shape index (κ2) is 8.15. The number of rotatable bonds is 6. The molecule has 0 aromatic carbocycles. The molecule has 0 aliphatic carbocycles. The molecule has 0 saturated carbocycles. The van der Waals surface area contributed by atoms with E-state index in [0.717, 1.165) is 0 Å². The normalized spacial score (nSPS) is 14.8. The van der Waals surface area contributed by atoms with Crippen molar-refractivity contribution in [2.24, 2.45) is 5.73 Å². The second-order valence-electron chi connectivity index (χ2n) is 2.00. The molecule has 0 amide bonds. The summed E-state index contributed by atoms with van der Waals surface area (Å²) >= 11 is 0. The van der Waals surface area contributed by atoms with Gasteiger partial charge in [0.15, 0.2) is 0 Å². The third-order valence-electron chi connectivity index (χ3n) is 1.41. The number of hydrogen-bond acceptors (Lipinski definition) is 4. The lowest BCUT2D eigenvalue weighted by molar-refractivity contribution is 0.123. The van der Waals surface area contributed by atoms with Crippen molar-refractivity contribution >= 4 is 25.8 Å². The maximum absolute atomic E-state index is 7.68. The topological polar surface area (TPSA) is 53.7 Å². The summed E-state index contributed by atoms with van der Waals surface area (Å²) in [6.07, 6.45) is 0.530. The van der Waals surface area contributed by atoms with Gasteiger partial charge in [-0.1, -0.05) is 0 Å². The van der Waals surface area contributed by atoms with Gasteiger partial charge in [0.05, 0.1) is 0 Å². The van der Waals surface area contributed by atoms with Gasteiger partial charge in [-0.2, -0.15) is 0 Å². The molecule has 0 radical (unpaired) electrons. The van der Waals surface area contributed by atoms with E-state index in [9.17, 15) is 0 Å². The Morgan fingerprint density at radius 3 is 1.92 bits per heavy atom. The molecule has 0 aromatic heterocycles. The van der Waals surface area contributed by atoms with Gasteiger partial charge in [-0.25, -0.2) is 0 Å². The smallest absolute Gasteiger partial charge is 0.377 e. The van der Waals surface area contributed by atoms with E-state index in [0.29, 0.717) is 13.0 Å². The summed E-state index contributed by atoms with van der Waals surface area (Å²) in [6, 6.07) is -0.498. The molecular formula is C6H18BrNO3Si. The van der Waals surface area contributed by atoms with Gasteiger partial charge in [0, 0.05) is 28.7 Å². The number of nitrogens with two attached hydrogens (primary N) is 1. The Labute approximate surface area is 86.9 Å². The van der Waals surface area contributed by atoms with E-state index in [-0.39, 0.29) is 17.0 Å². The lowest BCUT2D eigenvalue weighted by Gasteiger charge is -2.23. The van der Waals surface area contributed by atoms with Crippen LogP contribution in [-0.2, 0) is 13.3 Å². The number of halogens is 1. The molecule has 0 aromatic rings. The van der Waals surface area contributed by atoms with Gasteiger partial charge < -0.3 is 19.0 Å². The summed E-state index contributed by atoms with van der Waals surface area (Å²) in [4.78, 5) is 0. The fraction of sp³-hybridized carbons (Fsp3) is 1.00. The SMILES string of the molecule is Br.[2H]C(CCN)[Si](OC)(OC)OC. The Kier molecular flexibility index (Phi) is 8.51. The van der Waals surface area contributed by atoms with Crippen LogP contribution in [0.5, 0.6) is 0 Å². The molecule has 1 unspecified atom stereocenters. The molecule has 76 valence electrons. The molecule has 0 aliphatic heterocycles. The molecule has 0 spiro atoms. The maximum atomic E-state index is 7.68. The summed E-state index contributed by atoms with van der Waals surface area (Å²) in [5.41, 5.74) is 5.33. The molecule has 2 N–H and O–H groups in total. The Morgan fingerprint density at radius 1 is 1.25 bits per heavy atom. The van der Waals surface area contributed by atoms with Crippen molar-refractivity contribution in [2.75, 3.05) is 27.9 Å². The highest BCUT2D eigenvalue weighted by atomic mass is 79.9. The van der Waals surface area contributed by atoms with Gasteiger partial charge in [0.2, 0.25) is 0 Å². The van der Waals surface area contributed by atoms with Crippen LogP contribution in [0.25, 0.3) is 0 Å². The van der Waals surface area contributed by atoms with E-state index in [1.807, 2.05) is 0 Å². The average Bonchev–Trinajstić information content (AvgIpc) is 2.09. The molecule has 0 fully saturated rings. The van der Waals surface area contributed by atoms with Crippen LogP contribution in [-0.4, -0.2) is 36.7 Å². The molecule has 0 saturated heterocycles. The fourth-order valence-electron chi connectivity index (χ4n) is 0.760. The van der Waals surface area contributed by atoms with Crippen molar-refractivity contribution in [3.8, 4) is 0 Å². The Bertz CT molecular complexity index is 120. The first-order valence-corrected chi connectivity index (χ1v) is 5.24. The molecular weight excluding hydrogens is 242 g/mol. The quantitative estimate of drug-likeness (QED) is 0.718. The highest BCUT2D eigenvalue weighted by Crippen LogP contribution is 2.13. The first-order valence-electron chi connectivity index (χ1n) is 4.02. The number of hydrogen-bond donors (Lipinski definition) is 1. The molecule has 0 aliphatic rings. The van der Waals surface area contributed by atoms with Crippen molar-refractivity contribution in [1.82, 2.24) is 0 Å². The summed E-state index contributed by atoms with van der Waals surface area (Å²) in [5.74, 6) is 0. The minimum absolute atomic E-state index is 0. The van der Waals surface area contributed by atoms with E-state index in [4.69, 9.17) is 20.4 Å². The Morgan fingerprint density at radius 2 is 1.67 bits per heavy atom. The lowest BCUT2D eigenvalue weighted by Crippen LogP contribution is -2.42. The van der Waals surface area contributed by atoms with Gasteiger partial charge in [-0.3, -0.25) is 0 Å². The van der Waals surface area contributed by atoms with E-state index in [2.05, 4.69) is 0 Å². The van der Waals surface area contributed by atoms with Gasteiger partial charge in [0.25, 0.3) is 0 Å². The fourth-order valence-corrected chi connectivity index (χ4v) is 2.28. The lowest BCUT2D eigenvalue weighted by atomic mass is 10.5. The first kappa shape index (κ1) is 12.5. The van der Waals surface area contributed by atoms with Gasteiger partial charge >= 0.3 is 8.80 Å². The summed E-state index contributed by atoms with van der Waals surface area (Å²) in [7, 11) is 1.74. The average molecular weight is 261 g/mol. The van der Waals surface area contributed by atoms with Crippen LogP contribution in [0.1, 0.15) is 7.79 Å². The summed E-state index contributed by atoms with van der Waals surface area (Å²) in [5, 5.41) is 0. The molecule has 6 heteroatoms. The zero-order valence-electron chi connectivity index (χ0n) is 8.70. The van der Waals surface area contributed by atoms with E-state index in [1.54, 1.807) is 0 Å². The molecule has 0 rings (SSSR count). The highest BCUT2D eigenvalue weighted by molar-refractivity contribution is 8.93. The van der Waals surface area contributed by atoms with Crippen LogP contribution in [0.4, 0.5) is 0 Å². The zero-order valence-corrected chi connectivity index (χ0v) is 10.4. The summed E-state index contributed by atoms with van der Waals surface area (Å²) < 4.78 is 23.0. The highest BCUT2D eigenvalue weighted by Gasteiger charge is 2.36. The second-order valence-corrected chi connectivity index (χ2v) is 4.84. The van der Waals surface area contributed by atoms with Crippen molar-refractivity contribution in [3.05, 3.63) is 0 Å². The van der Waals surface area contributed by atoms with Crippen molar-refractivity contribution in [2.45, 2.75) is 12.4 Å².